The number of aliphatic hydroxyl groups is 1. The van der Waals surface area contributed by atoms with E-state index in [4.69, 9.17) is 16.3 Å². The molecule has 3 rings (SSSR count). The Morgan fingerprint density at radius 1 is 1.43 bits per heavy atom. The molecule has 2 heterocycles. The van der Waals surface area contributed by atoms with E-state index in [9.17, 15) is 19.4 Å². The van der Waals surface area contributed by atoms with Crippen LogP contribution in [0, 0.1) is 11.2 Å². The van der Waals surface area contributed by atoms with E-state index < -0.39 is 23.9 Å². The van der Waals surface area contributed by atoms with Crippen LogP contribution in [0.1, 0.15) is 24.4 Å². The highest BCUT2D eigenvalue weighted by Crippen LogP contribution is 2.43. The Kier molecular flexibility index (Phi) is 4.60. The number of ether oxygens (including phenoxy) is 1. The summed E-state index contributed by atoms with van der Waals surface area (Å²) in [7, 11) is 0. The van der Waals surface area contributed by atoms with E-state index in [0.717, 1.165) is 6.07 Å². The average molecular weight is 344 g/mol. The molecule has 2 fully saturated rings. The van der Waals surface area contributed by atoms with Crippen LogP contribution in [0.3, 0.4) is 0 Å². The van der Waals surface area contributed by atoms with Crippen molar-refractivity contribution in [3.8, 4) is 0 Å². The van der Waals surface area contributed by atoms with Crippen molar-refractivity contribution in [1.82, 2.24) is 4.90 Å². The second-order valence-electron chi connectivity index (χ2n) is 6.33. The van der Waals surface area contributed by atoms with Gasteiger partial charge < -0.3 is 14.9 Å². The van der Waals surface area contributed by atoms with Gasteiger partial charge in [-0.15, -0.1) is 0 Å². The number of hydrogen-bond acceptors (Lipinski definition) is 4. The minimum absolute atomic E-state index is 0.0414. The molecular formula is C16H19ClFNO4. The van der Waals surface area contributed by atoms with Gasteiger partial charge in [0.05, 0.1) is 11.1 Å². The maximum Gasteiger partial charge on any atom is 0.325 e. The van der Waals surface area contributed by atoms with Gasteiger partial charge in [-0.05, 0) is 30.5 Å². The number of carboxylic acids is 1. The third-order valence-corrected chi connectivity index (χ3v) is 5.29. The van der Waals surface area contributed by atoms with Gasteiger partial charge in [0.25, 0.3) is 0 Å². The zero-order valence-electron chi connectivity index (χ0n) is 12.5. The van der Waals surface area contributed by atoms with Gasteiger partial charge in [-0.3, -0.25) is 9.69 Å². The molecule has 2 N–H and O–H groups in total. The van der Waals surface area contributed by atoms with Gasteiger partial charge in [0.1, 0.15) is 11.9 Å². The molecule has 0 bridgehead atoms. The van der Waals surface area contributed by atoms with Crippen LogP contribution in [-0.2, 0) is 9.53 Å². The van der Waals surface area contributed by atoms with E-state index in [1.807, 2.05) is 0 Å². The van der Waals surface area contributed by atoms with E-state index in [1.165, 1.54) is 12.1 Å². The monoisotopic (exact) mass is 343 g/mol. The zero-order chi connectivity index (χ0) is 16.6. The van der Waals surface area contributed by atoms with Crippen LogP contribution >= 0.6 is 11.6 Å². The van der Waals surface area contributed by atoms with Crippen LogP contribution in [0.15, 0.2) is 18.2 Å². The fourth-order valence-corrected chi connectivity index (χ4v) is 3.77. The van der Waals surface area contributed by atoms with Crippen molar-refractivity contribution in [2.45, 2.75) is 25.0 Å². The molecule has 7 heteroatoms. The molecular weight excluding hydrogens is 325 g/mol. The van der Waals surface area contributed by atoms with Crippen molar-refractivity contribution < 1.29 is 24.1 Å². The number of rotatable bonds is 3. The second kappa shape index (κ2) is 6.36. The van der Waals surface area contributed by atoms with Crippen LogP contribution < -0.4 is 0 Å². The number of hydrogen-bond donors (Lipinski definition) is 2. The van der Waals surface area contributed by atoms with Gasteiger partial charge in [-0.25, -0.2) is 4.39 Å². The van der Waals surface area contributed by atoms with Crippen molar-refractivity contribution in [2.75, 3.05) is 26.3 Å². The SMILES string of the molecule is O=C(O)C(c1ccc(Cl)c(F)c1)N1CC(O)C2(CCOCC2)C1. The fourth-order valence-electron chi connectivity index (χ4n) is 3.65. The number of benzene rings is 1. The summed E-state index contributed by atoms with van der Waals surface area (Å²) in [6.45, 7) is 1.84. The molecule has 0 radical (unpaired) electrons. The van der Waals surface area contributed by atoms with Crippen LogP contribution in [0.25, 0.3) is 0 Å². The molecule has 1 aromatic carbocycles. The lowest BCUT2D eigenvalue weighted by atomic mass is 9.77. The van der Waals surface area contributed by atoms with Gasteiger partial charge in [-0.2, -0.15) is 0 Å². The van der Waals surface area contributed by atoms with E-state index in [1.54, 1.807) is 4.90 Å². The van der Waals surface area contributed by atoms with Crippen LogP contribution in [0.5, 0.6) is 0 Å². The molecule has 2 saturated heterocycles. The molecule has 1 spiro atoms. The molecule has 2 atom stereocenters. The molecule has 0 aliphatic carbocycles. The van der Waals surface area contributed by atoms with E-state index >= 15 is 0 Å². The largest absolute Gasteiger partial charge is 0.480 e. The molecule has 5 nitrogen and oxygen atoms in total. The first-order valence-electron chi connectivity index (χ1n) is 7.60. The van der Waals surface area contributed by atoms with Crippen molar-refractivity contribution in [3.05, 3.63) is 34.6 Å². The summed E-state index contributed by atoms with van der Waals surface area (Å²) < 4.78 is 19.1. The number of nitrogens with zero attached hydrogens (tertiary/aromatic N) is 1. The van der Waals surface area contributed by atoms with Crippen molar-refractivity contribution >= 4 is 17.6 Å². The zero-order valence-corrected chi connectivity index (χ0v) is 13.3. The van der Waals surface area contributed by atoms with Gasteiger partial charge in [-0.1, -0.05) is 17.7 Å². The van der Waals surface area contributed by atoms with Crippen LogP contribution in [-0.4, -0.2) is 53.5 Å². The number of likely N-dealkylation sites (tertiary alicyclic amines) is 1. The molecule has 126 valence electrons. The quantitative estimate of drug-likeness (QED) is 0.879. The summed E-state index contributed by atoms with van der Waals surface area (Å²) in [4.78, 5) is 13.5. The number of β-amino-alcohol motifs (C(OH)–C–C–N with tert-alkyl or cyclic N) is 1. The molecule has 2 unspecified atom stereocenters. The first-order valence-corrected chi connectivity index (χ1v) is 7.98. The number of halogens is 2. The first-order chi connectivity index (χ1) is 10.9. The summed E-state index contributed by atoms with van der Waals surface area (Å²) in [6, 6.07) is 3.03. The van der Waals surface area contributed by atoms with E-state index in [-0.39, 0.29) is 17.0 Å². The first kappa shape index (κ1) is 16.6. The maximum absolute atomic E-state index is 13.7. The summed E-state index contributed by atoms with van der Waals surface area (Å²) in [5.41, 5.74) is -0.00703. The Bertz CT molecular complexity index is 606. The fraction of sp³-hybridized carbons (Fsp3) is 0.562. The highest BCUT2D eigenvalue weighted by molar-refractivity contribution is 6.30. The summed E-state index contributed by atoms with van der Waals surface area (Å²) in [6.07, 6.45) is 0.795. The summed E-state index contributed by atoms with van der Waals surface area (Å²) in [5.74, 6) is -1.71. The lowest BCUT2D eigenvalue weighted by Gasteiger charge is -2.36. The normalized spacial score (nSPS) is 25.6. The Morgan fingerprint density at radius 2 is 2.13 bits per heavy atom. The van der Waals surface area contributed by atoms with Crippen molar-refractivity contribution in [1.29, 1.82) is 0 Å². The molecule has 0 aromatic heterocycles. The predicted molar refractivity (Wildman–Crippen MR) is 81.9 cm³/mol. The molecule has 0 saturated carbocycles. The number of carboxylic acid groups (broad SMARTS) is 1. The second-order valence-corrected chi connectivity index (χ2v) is 6.74. The molecule has 2 aliphatic rings. The molecule has 1 aromatic rings. The van der Waals surface area contributed by atoms with Crippen molar-refractivity contribution in [2.24, 2.45) is 5.41 Å². The lowest BCUT2D eigenvalue weighted by Crippen LogP contribution is -2.40. The van der Waals surface area contributed by atoms with Gasteiger partial charge in [0.2, 0.25) is 0 Å². The summed E-state index contributed by atoms with van der Waals surface area (Å²) >= 11 is 5.67. The highest BCUT2D eigenvalue weighted by Gasteiger charge is 2.49. The van der Waals surface area contributed by atoms with E-state index in [2.05, 4.69) is 0 Å². The lowest BCUT2D eigenvalue weighted by molar-refractivity contribution is -0.143. The van der Waals surface area contributed by atoms with Gasteiger partial charge >= 0.3 is 5.97 Å². The molecule has 23 heavy (non-hydrogen) atoms. The van der Waals surface area contributed by atoms with Gasteiger partial charge in [0, 0.05) is 31.7 Å². The topological polar surface area (TPSA) is 70.0 Å². The van der Waals surface area contributed by atoms with Crippen molar-refractivity contribution in [3.63, 3.8) is 0 Å². The molecule has 0 amide bonds. The number of aliphatic hydroxyl groups excluding tert-OH is 1. The minimum atomic E-state index is -1.07. The third kappa shape index (κ3) is 3.08. The van der Waals surface area contributed by atoms with Crippen LogP contribution in [0.4, 0.5) is 4.39 Å². The number of aliphatic carboxylic acids is 1. The third-order valence-electron chi connectivity index (χ3n) is 4.98. The predicted octanol–water partition coefficient (Wildman–Crippen LogP) is 2.08. The smallest absolute Gasteiger partial charge is 0.325 e. The van der Waals surface area contributed by atoms with Crippen LogP contribution in [0.2, 0.25) is 5.02 Å². The Balaban J connectivity index is 1.87. The number of carbonyl (C=O) groups is 1. The highest BCUT2D eigenvalue weighted by atomic mass is 35.5. The average Bonchev–Trinajstić information content (AvgIpc) is 2.80. The standard InChI is InChI=1S/C16H19ClFNO4/c17-11-2-1-10(7-12(11)18)14(15(21)22)19-8-13(20)16(9-19)3-5-23-6-4-16/h1-2,7,13-14,20H,3-6,8-9H2,(H,21,22). The summed E-state index contributed by atoms with van der Waals surface area (Å²) in [5, 5.41) is 20.0. The maximum atomic E-state index is 13.7. The Hall–Kier alpha value is -1.21. The Morgan fingerprint density at radius 3 is 2.74 bits per heavy atom. The minimum Gasteiger partial charge on any atom is -0.480 e. The van der Waals surface area contributed by atoms with Gasteiger partial charge in [0.15, 0.2) is 0 Å². The van der Waals surface area contributed by atoms with E-state index in [0.29, 0.717) is 38.2 Å². The Labute approximate surface area is 138 Å². The molecule has 2 aliphatic heterocycles.